The number of fused-ring (bicyclic) bond motifs is 3. The maximum absolute atomic E-state index is 12.8. The minimum Gasteiger partial charge on any atom is -0.481 e. The SMILES string of the molecule is CN(Cc1cn[nH]c1)C(=O)C(CC(=O)O)NC(=O)OCC1c2ccccc2-c2ccccc21. The number of amides is 2. The quantitative estimate of drug-likeness (QED) is 0.487. The fourth-order valence-electron chi connectivity index (χ4n) is 4.14. The van der Waals surface area contributed by atoms with Crippen molar-refractivity contribution in [3.8, 4) is 11.1 Å². The van der Waals surface area contributed by atoms with Gasteiger partial charge in [0.15, 0.2) is 0 Å². The van der Waals surface area contributed by atoms with Crippen LogP contribution in [0.3, 0.4) is 0 Å². The molecule has 3 aromatic rings. The maximum atomic E-state index is 12.8. The van der Waals surface area contributed by atoms with Gasteiger partial charge < -0.3 is 20.1 Å². The molecule has 0 saturated heterocycles. The molecule has 0 fully saturated rings. The second-order valence-electron chi connectivity index (χ2n) is 7.92. The van der Waals surface area contributed by atoms with Crippen LogP contribution in [0.1, 0.15) is 29.0 Å². The number of hydrogen-bond donors (Lipinski definition) is 3. The van der Waals surface area contributed by atoms with Gasteiger partial charge in [-0.15, -0.1) is 0 Å². The molecule has 33 heavy (non-hydrogen) atoms. The van der Waals surface area contributed by atoms with Crippen LogP contribution in [-0.2, 0) is 20.9 Å². The van der Waals surface area contributed by atoms with E-state index in [0.29, 0.717) is 0 Å². The summed E-state index contributed by atoms with van der Waals surface area (Å²) in [6.45, 7) is 0.288. The summed E-state index contributed by atoms with van der Waals surface area (Å²) >= 11 is 0. The normalized spacial score (nSPS) is 13.0. The van der Waals surface area contributed by atoms with Crippen LogP contribution in [-0.4, -0.2) is 57.9 Å². The van der Waals surface area contributed by atoms with E-state index in [-0.39, 0.29) is 19.1 Å². The number of hydrogen-bond acceptors (Lipinski definition) is 5. The van der Waals surface area contributed by atoms with Crippen molar-refractivity contribution in [2.24, 2.45) is 0 Å². The van der Waals surface area contributed by atoms with Crippen LogP contribution in [0, 0.1) is 0 Å². The number of aliphatic carboxylic acids is 1. The van der Waals surface area contributed by atoms with E-state index in [1.54, 1.807) is 12.4 Å². The van der Waals surface area contributed by atoms with Gasteiger partial charge in [-0.1, -0.05) is 48.5 Å². The van der Waals surface area contributed by atoms with Gasteiger partial charge in [0.2, 0.25) is 5.91 Å². The molecule has 2 amide bonds. The number of H-pyrrole nitrogens is 1. The molecule has 0 radical (unpaired) electrons. The number of nitrogens with one attached hydrogen (secondary N) is 2. The minimum atomic E-state index is -1.25. The number of aromatic nitrogens is 2. The lowest BCUT2D eigenvalue weighted by atomic mass is 9.98. The standard InChI is InChI=1S/C24H24N4O5/c1-28(13-15-11-25-26-12-15)23(31)21(10-22(29)30)27-24(32)33-14-20-18-8-4-2-6-16(18)17-7-3-5-9-19(17)20/h2-9,11-12,20-21H,10,13-14H2,1H3,(H,25,26)(H,27,32)(H,29,30). The largest absolute Gasteiger partial charge is 0.481 e. The van der Waals surface area contributed by atoms with Crippen LogP contribution >= 0.6 is 0 Å². The molecule has 9 nitrogen and oxygen atoms in total. The van der Waals surface area contributed by atoms with Gasteiger partial charge >= 0.3 is 12.1 Å². The third kappa shape index (κ3) is 4.87. The van der Waals surface area contributed by atoms with Gasteiger partial charge in [0.05, 0.1) is 12.6 Å². The molecule has 1 unspecified atom stereocenters. The van der Waals surface area contributed by atoms with Gasteiger partial charge in [0, 0.05) is 31.3 Å². The predicted molar refractivity (Wildman–Crippen MR) is 119 cm³/mol. The molecule has 0 saturated carbocycles. The summed E-state index contributed by atoms with van der Waals surface area (Å²) in [6, 6.07) is 14.6. The summed E-state index contributed by atoms with van der Waals surface area (Å²) in [7, 11) is 1.53. The molecule has 1 heterocycles. The Labute approximate surface area is 190 Å². The van der Waals surface area contributed by atoms with Gasteiger partial charge in [-0.3, -0.25) is 14.7 Å². The summed E-state index contributed by atoms with van der Waals surface area (Å²) in [4.78, 5) is 38.0. The first-order chi connectivity index (χ1) is 15.9. The predicted octanol–water partition coefficient (Wildman–Crippen LogP) is 2.75. The highest BCUT2D eigenvalue weighted by Crippen LogP contribution is 2.44. The van der Waals surface area contributed by atoms with E-state index >= 15 is 0 Å². The van der Waals surface area contributed by atoms with Gasteiger partial charge in [-0.05, 0) is 22.3 Å². The second-order valence-corrected chi connectivity index (χ2v) is 7.92. The monoisotopic (exact) mass is 448 g/mol. The average Bonchev–Trinajstić information content (AvgIpc) is 3.42. The van der Waals surface area contributed by atoms with E-state index in [9.17, 15) is 19.5 Å². The lowest BCUT2D eigenvalue weighted by Crippen LogP contribution is -2.48. The highest BCUT2D eigenvalue weighted by Gasteiger charge is 2.31. The Morgan fingerprint density at radius 3 is 2.33 bits per heavy atom. The zero-order chi connectivity index (χ0) is 23.4. The third-order valence-corrected chi connectivity index (χ3v) is 5.66. The number of likely N-dealkylation sites (N-methyl/N-ethyl adjacent to an activating group) is 1. The zero-order valence-corrected chi connectivity index (χ0v) is 18.0. The van der Waals surface area contributed by atoms with Crippen LogP contribution in [0.5, 0.6) is 0 Å². The fraction of sp³-hybridized carbons (Fsp3) is 0.250. The molecule has 0 aliphatic heterocycles. The van der Waals surface area contributed by atoms with E-state index in [1.807, 2.05) is 48.5 Å². The highest BCUT2D eigenvalue weighted by molar-refractivity contribution is 5.89. The molecule has 9 heteroatoms. The van der Waals surface area contributed by atoms with Crippen LogP contribution in [0.4, 0.5) is 4.79 Å². The van der Waals surface area contributed by atoms with Crippen molar-refractivity contribution in [3.05, 3.63) is 77.6 Å². The van der Waals surface area contributed by atoms with Crippen LogP contribution in [0.25, 0.3) is 11.1 Å². The number of ether oxygens (including phenoxy) is 1. The first-order valence-corrected chi connectivity index (χ1v) is 10.5. The molecular formula is C24H24N4O5. The molecule has 4 rings (SSSR count). The van der Waals surface area contributed by atoms with Crippen LogP contribution < -0.4 is 5.32 Å². The Morgan fingerprint density at radius 2 is 1.76 bits per heavy atom. The molecule has 1 atom stereocenters. The number of alkyl carbamates (subject to hydrolysis) is 1. The van der Waals surface area contributed by atoms with Gasteiger partial charge in [0.25, 0.3) is 0 Å². The van der Waals surface area contributed by atoms with Crippen LogP contribution in [0.2, 0.25) is 0 Å². The van der Waals surface area contributed by atoms with E-state index in [1.165, 1.54) is 11.9 Å². The summed E-state index contributed by atoms with van der Waals surface area (Å²) in [5.74, 6) is -1.88. The van der Waals surface area contributed by atoms with Crippen molar-refractivity contribution in [3.63, 3.8) is 0 Å². The topological polar surface area (TPSA) is 125 Å². The Balaban J connectivity index is 1.42. The molecule has 1 aromatic heterocycles. The number of carbonyl (C=O) groups excluding carboxylic acids is 2. The van der Waals surface area contributed by atoms with Crippen molar-refractivity contribution in [1.82, 2.24) is 20.4 Å². The first-order valence-electron chi connectivity index (χ1n) is 10.5. The van der Waals surface area contributed by atoms with Crippen LogP contribution in [0.15, 0.2) is 60.9 Å². The molecule has 1 aliphatic rings. The minimum absolute atomic E-state index is 0.0682. The van der Waals surface area contributed by atoms with Gasteiger partial charge in [-0.2, -0.15) is 5.10 Å². The molecule has 0 spiro atoms. The van der Waals surface area contributed by atoms with Gasteiger partial charge in [0.1, 0.15) is 12.6 Å². The Kier molecular flexibility index (Phi) is 6.39. The number of carbonyl (C=O) groups is 3. The Bertz CT molecular complexity index is 1120. The summed E-state index contributed by atoms with van der Waals surface area (Å²) in [5, 5.41) is 18.1. The van der Waals surface area contributed by atoms with Gasteiger partial charge in [-0.25, -0.2) is 4.79 Å². The molecular weight excluding hydrogens is 424 g/mol. The van der Waals surface area contributed by atoms with Crippen molar-refractivity contribution >= 4 is 18.0 Å². The number of benzene rings is 2. The number of carboxylic acid groups (broad SMARTS) is 1. The first kappa shape index (κ1) is 22.1. The van der Waals surface area contributed by atoms with E-state index in [4.69, 9.17) is 4.74 Å². The average molecular weight is 448 g/mol. The van der Waals surface area contributed by atoms with Crippen molar-refractivity contribution in [2.75, 3.05) is 13.7 Å². The van der Waals surface area contributed by atoms with E-state index in [0.717, 1.165) is 27.8 Å². The Morgan fingerprint density at radius 1 is 1.12 bits per heavy atom. The fourth-order valence-corrected chi connectivity index (χ4v) is 4.14. The second kappa shape index (κ2) is 9.56. The Hall–Kier alpha value is -4.14. The number of aromatic amines is 1. The smallest absolute Gasteiger partial charge is 0.407 e. The van der Waals surface area contributed by atoms with Crippen molar-refractivity contribution in [1.29, 1.82) is 0 Å². The van der Waals surface area contributed by atoms with E-state index in [2.05, 4.69) is 15.5 Å². The third-order valence-electron chi connectivity index (χ3n) is 5.66. The van der Waals surface area contributed by atoms with Crippen molar-refractivity contribution in [2.45, 2.75) is 24.9 Å². The lowest BCUT2D eigenvalue weighted by molar-refractivity contribution is -0.142. The summed E-state index contributed by atoms with van der Waals surface area (Å²) < 4.78 is 5.46. The molecule has 1 aliphatic carbocycles. The highest BCUT2D eigenvalue weighted by atomic mass is 16.5. The molecule has 170 valence electrons. The number of carboxylic acids is 1. The zero-order valence-electron chi connectivity index (χ0n) is 18.0. The maximum Gasteiger partial charge on any atom is 0.407 e. The number of nitrogens with zero attached hydrogens (tertiary/aromatic N) is 2. The molecule has 3 N–H and O–H groups in total. The summed E-state index contributed by atoms with van der Waals surface area (Å²) in [6.07, 6.45) is 1.80. The molecule has 0 bridgehead atoms. The lowest BCUT2D eigenvalue weighted by Gasteiger charge is -2.23. The van der Waals surface area contributed by atoms with E-state index < -0.39 is 30.4 Å². The van der Waals surface area contributed by atoms with Crippen molar-refractivity contribution < 1.29 is 24.2 Å². The number of rotatable bonds is 8. The summed E-state index contributed by atoms with van der Waals surface area (Å²) in [5.41, 5.74) is 5.07. The molecule has 2 aromatic carbocycles.